The molecule has 3 aromatic rings. The Kier molecular flexibility index (Phi) is 3.94. The van der Waals surface area contributed by atoms with Crippen molar-refractivity contribution < 1.29 is 4.42 Å². The van der Waals surface area contributed by atoms with Gasteiger partial charge in [0.05, 0.1) is 22.6 Å². The smallest absolute Gasteiger partial charge is 0.207 e. The van der Waals surface area contributed by atoms with Gasteiger partial charge in [0, 0.05) is 6.42 Å². The van der Waals surface area contributed by atoms with Crippen LogP contribution in [0.25, 0.3) is 11.0 Å². The van der Waals surface area contributed by atoms with Crippen LogP contribution in [0.4, 0.5) is 0 Å². The van der Waals surface area contributed by atoms with Crippen molar-refractivity contribution in [2.75, 3.05) is 0 Å². The van der Waals surface area contributed by atoms with Gasteiger partial charge in [-0.2, -0.15) is 0 Å². The first-order valence-corrected chi connectivity index (χ1v) is 9.43. The normalized spacial score (nSPS) is 17.4. The van der Waals surface area contributed by atoms with Gasteiger partial charge in [-0.15, -0.1) is 0 Å². The number of aromatic nitrogens is 3. The number of oxazole rings is 1. The zero-order chi connectivity index (χ0) is 17.5. The summed E-state index contributed by atoms with van der Waals surface area (Å²) in [6.45, 7) is 6.54. The minimum atomic E-state index is -0.383. The van der Waals surface area contributed by atoms with Crippen LogP contribution in [-0.4, -0.2) is 15.0 Å². The molecule has 0 aliphatic heterocycles. The molecular formula is C21H27N3O. The van der Waals surface area contributed by atoms with Crippen molar-refractivity contribution in [3.63, 3.8) is 0 Å². The maximum absolute atomic E-state index is 6.22. The second kappa shape index (κ2) is 6.01. The van der Waals surface area contributed by atoms with Gasteiger partial charge in [-0.05, 0) is 44.2 Å². The molecule has 1 aliphatic carbocycles. The Morgan fingerprint density at radius 2 is 1.96 bits per heavy atom. The Bertz CT molecular complexity index is 835. The monoisotopic (exact) mass is 337 g/mol. The summed E-state index contributed by atoms with van der Waals surface area (Å²) in [4.78, 5) is 12.8. The van der Waals surface area contributed by atoms with Gasteiger partial charge in [0.2, 0.25) is 5.89 Å². The maximum atomic E-state index is 6.22. The van der Waals surface area contributed by atoms with Gasteiger partial charge < -0.3 is 9.40 Å². The van der Waals surface area contributed by atoms with Crippen LogP contribution in [0.15, 0.2) is 34.9 Å². The summed E-state index contributed by atoms with van der Waals surface area (Å²) in [5.74, 6) is 2.65. The van der Waals surface area contributed by atoms with Crippen molar-refractivity contribution in [2.45, 2.75) is 64.7 Å². The molecule has 132 valence electrons. The van der Waals surface area contributed by atoms with Gasteiger partial charge in [0.25, 0.3) is 0 Å². The highest BCUT2D eigenvalue weighted by molar-refractivity contribution is 5.75. The average molecular weight is 337 g/mol. The molecule has 4 rings (SSSR count). The van der Waals surface area contributed by atoms with Gasteiger partial charge in [0.15, 0.2) is 0 Å². The van der Waals surface area contributed by atoms with E-state index in [0.717, 1.165) is 34.9 Å². The standard InChI is InChI=1S/C21H27N3O/c1-4-21(11-7-8-12-21)13-15-14-22-19(25-15)20(2,3)18-23-16-9-5-6-10-17(16)24-18/h5-6,9-10,14H,4,7-8,11-13H2,1-3H3,(H,23,24). The lowest BCUT2D eigenvalue weighted by molar-refractivity contribution is 0.253. The highest BCUT2D eigenvalue weighted by atomic mass is 16.4. The molecule has 0 amide bonds. The van der Waals surface area contributed by atoms with Crippen molar-refractivity contribution in [3.05, 3.63) is 47.9 Å². The Morgan fingerprint density at radius 3 is 2.68 bits per heavy atom. The molecule has 25 heavy (non-hydrogen) atoms. The summed E-state index contributed by atoms with van der Waals surface area (Å²) >= 11 is 0. The van der Waals surface area contributed by atoms with Crippen LogP contribution in [0.2, 0.25) is 0 Å². The van der Waals surface area contributed by atoms with E-state index >= 15 is 0 Å². The van der Waals surface area contributed by atoms with E-state index < -0.39 is 0 Å². The van der Waals surface area contributed by atoms with E-state index in [1.54, 1.807) is 0 Å². The van der Waals surface area contributed by atoms with E-state index in [1.165, 1.54) is 32.1 Å². The molecular weight excluding hydrogens is 310 g/mol. The summed E-state index contributed by atoms with van der Waals surface area (Å²) in [5, 5.41) is 0. The molecule has 1 N–H and O–H groups in total. The third-order valence-electron chi connectivity index (χ3n) is 6.03. The molecule has 0 bridgehead atoms. The van der Waals surface area contributed by atoms with Gasteiger partial charge in [-0.1, -0.05) is 38.3 Å². The Morgan fingerprint density at radius 1 is 1.20 bits per heavy atom. The van der Waals surface area contributed by atoms with Crippen LogP contribution in [0.1, 0.15) is 70.4 Å². The fourth-order valence-electron chi connectivity index (χ4n) is 4.18. The molecule has 0 radical (unpaired) electrons. The number of hydrogen-bond donors (Lipinski definition) is 1. The van der Waals surface area contributed by atoms with E-state index in [9.17, 15) is 0 Å². The minimum Gasteiger partial charge on any atom is -0.445 e. The molecule has 1 saturated carbocycles. The largest absolute Gasteiger partial charge is 0.445 e. The van der Waals surface area contributed by atoms with E-state index in [-0.39, 0.29) is 5.41 Å². The number of fused-ring (bicyclic) bond motifs is 1. The molecule has 2 aromatic heterocycles. The van der Waals surface area contributed by atoms with Crippen LogP contribution in [0.3, 0.4) is 0 Å². The molecule has 1 fully saturated rings. The van der Waals surface area contributed by atoms with Crippen LogP contribution in [0, 0.1) is 5.41 Å². The molecule has 4 nitrogen and oxygen atoms in total. The average Bonchev–Trinajstić information content (AvgIpc) is 3.34. The number of imidazole rings is 1. The minimum absolute atomic E-state index is 0.383. The first-order chi connectivity index (χ1) is 12.0. The van der Waals surface area contributed by atoms with Crippen molar-refractivity contribution in [1.29, 1.82) is 0 Å². The first-order valence-electron chi connectivity index (χ1n) is 9.43. The zero-order valence-corrected chi connectivity index (χ0v) is 15.4. The topological polar surface area (TPSA) is 54.7 Å². The van der Waals surface area contributed by atoms with Crippen LogP contribution in [-0.2, 0) is 11.8 Å². The molecule has 0 saturated heterocycles. The van der Waals surface area contributed by atoms with Crippen molar-refractivity contribution >= 4 is 11.0 Å². The summed E-state index contributed by atoms with van der Waals surface area (Å²) in [7, 11) is 0. The van der Waals surface area contributed by atoms with Crippen LogP contribution >= 0.6 is 0 Å². The van der Waals surface area contributed by atoms with Crippen molar-refractivity contribution in [2.24, 2.45) is 5.41 Å². The maximum Gasteiger partial charge on any atom is 0.207 e. The molecule has 0 atom stereocenters. The number of rotatable bonds is 5. The van der Waals surface area contributed by atoms with Gasteiger partial charge in [-0.3, -0.25) is 0 Å². The molecule has 1 aromatic carbocycles. The third kappa shape index (κ3) is 2.88. The molecule has 2 heterocycles. The molecule has 0 unspecified atom stereocenters. The SMILES string of the molecule is CCC1(Cc2cnc(C(C)(C)c3nc4ccccc4[nH]3)o2)CCCC1. The van der Waals surface area contributed by atoms with E-state index in [0.29, 0.717) is 5.41 Å². The lowest BCUT2D eigenvalue weighted by atomic mass is 9.79. The Balaban J connectivity index is 1.61. The highest BCUT2D eigenvalue weighted by Gasteiger charge is 2.36. The van der Waals surface area contributed by atoms with Gasteiger partial charge >= 0.3 is 0 Å². The van der Waals surface area contributed by atoms with Crippen LogP contribution < -0.4 is 0 Å². The van der Waals surface area contributed by atoms with Gasteiger partial charge in [-0.25, -0.2) is 9.97 Å². The number of hydrogen-bond acceptors (Lipinski definition) is 3. The second-order valence-corrected chi connectivity index (χ2v) is 8.10. The molecule has 4 heteroatoms. The van der Waals surface area contributed by atoms with Crippen molar-refractivity contribution in [1.82, 2.24) is 15.0 Å². The van der Waals surface area contributed by atoms with Crippen molar-refractivity contribution in [3.8, 4) is 0 Å². The fraction of sp³-hybridized carbons (Fsp3) is 0.524. The number of aromatic amines is 1. The first kappa shape index (κ1) is 16.4. The summed E-state index contributed by atoms with van der Waals surface area (Å²) in [5.41, 5.74) is 2.06. The quantitative estimate of drug-likeness (QED) is 0.679. The summed E-state index contributed by atoms with van der Waals surface area (Å²) in [6.07, 6.45) is 9.47. The highest BCUT2D eigenvalue weighted by Crippen LogP contribution is 2.44. The Hall–Kier alpha value is -2.10. The lowest BCUT2D eigenvalue weighted by Gasteiger charge is -2.26. The van der Waals surface area contributed by atoms with Gasteiger partial charge in [0.1, 0.15) is 11.6 Å². The van der Waals surface area contributed by atoms with E-state index in [2.05, 4.69) is 30.7 Å². The lowest BCUT2D eigenvalue weighted by Crippen LogP contribution is -2.21. The predicted octanol–water partition coefficient (Wildman–Crippen LogP) is 5.39. The van der Waals surface area contributed by atoms with E-state index in [4.69, 9.17) is 9.40 Å². The predicted molar refractivity (Wildman–Crippen MR) is 99.6 cm³/mol. The number of nitrogens with zero attached hydrogens (tertiary/aromatic N) is 2. The number of nitrogens with one attached hydrogen (secondary N) is 1. The fourth-order valence-corrected chi connectivity index (χ4v) is 4.18. The third-order valence-corrected chi connectivity index (χ3v) is 6.03. The van der Waals surface area contributed by atoms with E-state index in [1.807, 2.05) is 30.5 Å². The van der Waals surface area contributed by atoms with Crippen LogP contribution in [0.5, 0.6) is 0 Å². The second-order valence-electron chi connectivity index (χ2n) is 8.10. The zero-order valence-electron chi connectivity index (χ0n) is 15.4. The Labute approximate surface area is 149 Å². The molecule has 0 spiro atoms. The summed E-state index contributed by atoms with van der Waals surface area (Å²) in [6, 6.07) is 8.10. The number of H-pyrrole nitrogens is 1. The number of benzene rings is 1. The summed E-state index contributed by atoms with van der Waals surface area (Å²) < 4.78 is 6.22. The number of para-hydroxylation sites is 2. The molecule has 1 aliphatic rings.